The third-order valence-corrected chi connectivity index (χ3v) is 4.41. The van der Waals surface area contributed by atoms with Crippen LogP contribution in [0.4, 0.5) is 0 Å². The second-order valence-corrected chi connectivity index (χ2v) is 6.56. The molecule has 0 aliphatic carbocycles. The summed E-state index contributed by atoms with van der Waals surface area (Å²) in [6.45, 7) is 0.645. The van der Waals surface area contributed by atoms with Crippen molar-refractivity contribution in [2.75, 3.05) is 0 Å². The minimum atomic E-state index is -1.44. The maximum absolute atomic E-state index is 11.1. The molecule has 0 aliphatic rings. The van der Waals surface area contributed by atoms with Gasteiger partial charge in [-0.15, -0.1) is 0 Å². The van der Waals surface area contributed by atoms with Gasteiger partial charge in [-0.1, -0.05) is 66.7 Å². The Kier molecular flexibility index (Phi) is 6.84. The maximum Gasteiger partial charge on any atom is 0.323 e. The lowest BCUT2D eigenvalue weighted by molar-refractivity contribution is -0.141. The fraction of sp³-hybridized carbons (Fsp3) is 0.174. The van der Waals surface area contributed by atoms with E-state index in [9.17, 15) is 9.90 Å². The van der Waals surface area contributed by atoms with Gasteiger partial charge < -0.3 is 25.4 Å². The molecule has 0 fully saturated rings. The summed E-state index contributed by atoms with van der Waals surface area (Å²) in [5.74, 6) is -0.391. The lowest BCUT2D eigenvalue weighted by Gasteiger charge is -2.18. The molecule has 3 aromatic rings. The molecule has 0 spiro atoms. The van der Waals surface area contributed by atoms with Crippen LogP contribution in [-0.4, -0.2) is 22.2 Å². The third kappa shape index (κ3) is 5.57. The van der Waals surface area contributed by atoms with Gasteiger partial charge in [-0.3, -0.25) is 4.79 Å². The summed E-state index contributed by atoms with van der Waals surface area (Å²) in [6, 6.07) is 22.7. The molecule has 0 aliphatic heterocycles. The van der Waals surface area contributed by atoms with Gasteiger partial charge in [0.15, 0.2) is 11.5 Å². The minimum Gasteiger partial charge on any atom is -0.485 e. The van der Waals surface area contributed by atoms with Crippen molar-refractivity contribution >= 4 is 5.97 Å². The monoisotopic (exact) mass is 393 g/mol. The smallest absolute Gasteiger partial charge is 0.323 e. The second-order valence-electron chi connectivity index (χ2n) is 6.56. The first-order valence-corrected chi connectivity index (χ1v) is 9.18. The largest absolute Gasteiger partial charge is 0.485 e. The van der Waals surface area contributed by atoms with Crippen LogP contribution in [0.15, 0.2) is 78.9 Å². The van der Waals surface area contributed by atoms with Crippen LogP contribution in [0.2, 0.25) is 0 Å². The second kappa shape index (κ2) is 9.73. The van der Waals surface area contributed by atoms with Crippen molar-refractivity contribution in [3.05, 3.63) is 95.6 Å². The molecular formula is C23H23NO5. The van der Waals surface area contributed by atoms with Gasteiger partial charge in [0.25, 0.3) is 0 Å². The molecule has 0 aromatic heterocycles. The molecule has 6 heteroatoms. The molecule has 0 heterocycles. The molecule has 0 bridgehead atoms. The maximum atomic E-state index is 11.1. The van der Waals surface area contributed by atoms with E-state index in [1.807, 2.05) is 60.7 Å². The summed E-state index contributed by atoms with van der Waals surface area (Å²) in [7, 11) is 0. The quantitative estimate of drug-likeness (QED) is 0.516. The highest BCUT2D eigenvalue weighted by molar-refractivity contribution is 5.74. The number of benzene rings is 3. The first-order valence-electron chi connectivity index (χ1n) is 9.18. The Morgan fingerprint density at radius 1 is 0.828 bits per heavy atom. The Bertz CT molecular complexity index is 931. The van der Waals surface area contributed by atoms with E-state index in [1.165, 1.54) is 0 Å². The summed E-state index contributed by atoms with van der Waals surface area (Å²) in [6.07, 6.45) is -1.37. The zero-order chi connectivity index (χ0) is 20.6. The predicted molar refractivity (Wildman–Crippen MR) is 109 cm³/mol. The number of carboxylic acids is 1. The van der Waals surface area contributed by atoms with Crippen LogP contribution in [0.1, 0.15) is 22.8 Å². The Labute approximate surface area is 169 Å². The molecule has 3 rings (SSSR count). The van der Waals surface area contributed by atoms with Crippen LogP contribution in [0.5, 0.6) is 11.5 Å². The van der Waals surface area contributed by atoms with E-state index in [2.05, 4.69) is 0 Å². The topological polar surface area (TPSA) is 102 Å². The first-order chi connectivity index (χ1) is 14.0. The summed E-state index contributed by atoms with van der Waals surface area (Å²) in [5, 5.41) is 19.3. The van der Waals surface area contributed by atoms with Gasteiger partial charge in [0.05, 0.1) is 0 Å². The number of carbonyl (C=O) groups is 1. The number of rotatable bonds is 9. The van der Waals surface area contributed by atoms with Crippen molar-refractivity contribution < 1.29 is 24.5 Å². The number of aliphatic hydroxyl groups is 1. The normalized spacial score (nSPS) is 12.8. The molecule has 0 saturated carbocycles. The number of hydrogen-bond donors (Lipinski definition) is 3. The highest BCUT2D eigenvalue weighted by Gasteiger charge is 2.24. The lowest BCUT2D eigenvalue weighted by atomic mass is 10.0. The van der Waals surface area contributed by atoms with Crippen molar-refractivity contribution in [3.63, 3.8) is 0 Å². The van der Waals surface area contributed by atoms with Gasteiger partial charge >= 0.3 is 5.97 Å². The van der Waals surface area contributed by atoms with E-state index in [-0.39, 0.29) is 0 Å². The summed E-state index contributed by atoms with van der Waals surface area (Å²) in [5.41, 5.74) is 7.87. The van der Waals surface area contributed by atoms with E-state index in [0.717, 1.165) is 11.1 Å². The number of carboxylic acid groups (broad SMARTS) is 1. The SMILES string of the molecule is NC(C(=O)O)C(O)c1ccc(OCc2ccccc2)c(OCc2ccccc2)c1. The van der Waals surface area contributed by atoms with Crippen LogP contribution in [0.25, 0.3) is 0 Å². The van der Waals surface area contributed by atoms with Gasteiger partial charge in [0.2, 0.25) is 0 Å². The van der Waals surface area contributed by atoms with Crippen molar-refractivity contribution in [1.29, 1.82) is 0 Å². The van der Waals surface area contributed by atoms with Crippen LogP contribution < -0.4 is 15.2 Å². The number of ether oxygens (including phenoxy) is 2. The molecule has 2 atom stereocenters. The third-order valence-electron chi connectivity index (χ3n) is 4.41. The van der Waals surface area contributed by atoms with Gasteiger partial charge in [-0.25, -0.2) is 0 Å². The first kappa shape index (κ1) is 20.4. The zero-order valence-electron chi connectivity index (χ0n) is 15.8. The average Bonchev–Trinajstić information content (AvgIpc) is 2.76. The van der Waals surface area contributed by atoms with Crippen molar-refractivity contribution in [2.45, 2.75) is 25.4 Å². The van der Waals surface area contributed by atoms with Gasteiger partial charge in [-0.05, 0) is 28.8 Å². The Balaban J connectivity index is 1.82. The van der Waals surface area contributed by atoms with E-state index in [4.69, 9.17) is 20.3 Å². The van der Waals surface area contributed by atoms with Crippen LogP contribution in [-0.2, 0) is 18.0 Å². The van der Waals surface area contributed by atoms with Crippen LogP contribution in [0.3, 0.4) is 0 Å². The van der Waals surface area contributed by atoms with Crippen molar-refractivity contribution in [2.24, 2.45) is 5.73 Å². The fourth-order valence-electron chi connectivity index (χ4n) is 2.75. The number of nitrogens with two attached hydrogens (primary N) is 1. The lowest BCUT2D eigenvalue weighted by Crippen LogP contribution is -2.36. The van der Waals surface area contributed by atoms with Crippen molar-refractivity contribution in [1.82, 2.24) is 0 Å². The number of hydrogen-bond acceptors (Lipinski definition) is 5. The van der Waals surface area contributed by atoms with E-state index < -0.39 is 18.1 Å². The average molecular weight is 393 g/mol. The summed E-state index contributed by atoms with van der Waals surface area (Å²) in [4.78, 5) is 11.1. The van der Waals surface area contributed by atoms with Crippen molar-refractivity contribution in [3.8, 4) is 11.5 Å². The van der Waals surface area contributed by atoms with E-state index in [1.54, 1.807) is 18.2 Å². The number of aliphatic hydroxyl groups excluding tert-OH is 1. The molecule has 29 heavy (non-hydrogen) atoms. The molecule has 4 N–H and O–H groups in total. The molecule has 0 amide bonds. The predicted octanol–water partition coefficient (Wildman–Crippen LogP) is 3.29. The molecule has 0 radical (unpaired) electrons. The van der Waals surface area contributed by atoms with Gasteiger partial charge in [0, 0.05) is 0 Å². The minimum absolute atomic E-state index is 0.299. The highest BCUT2D eigenvalue weighted by atomic mass is 16.5. The van der Waals surface area contributed by atoms with Crippen LogP contribution in [0, 0.1) is 0 Å². The molecule has 3 aromatic carbocycles. The molecular weight excluding hydrogens is 370 g/mol. The van der Waals surface area contributed by atoms with Gasteiger partial charge in [0.1, 0.15) is 25.4 Å². The molecule has 150 valence electrons. The number of aliphatic carboxylic acids is 1. The summed E-state index contributed by atoms with van der Waals surface area (Å²) < 4.78 is 11.8. The highest BCUT2D eigenvalue weighted by Crippen LogP contribution is 2.32. The summed E-state index contributed by atoms with van der Waals surface area (Å²) >= 11 is 0. The van der Waals surface area contributed by atoms with Crippen LogP contribution >= 0.6 is 0 Å². The Morgan fingerprint density at radius 2 is 1.34 bits per heavy atom. The van der Waals surface area contributed by atoms with E-state index >= 15 is 0 Å². The standard InChI is InChI=1S/C23H23NO5/c24-21(23(26)27)22(25)18-11-12-19(28-14-16-7-3-1-4-8-16)20(13-18)29-15-17-9-5-2-6-10-17/h1-13,21-22,25H,14-15,24H2,(H,26,27). The fourth-order valence-corrected chi connectivity index (χ4v) is 2.75. The Hall–Kier alpha value is -3.35. The van der Waals surface area contributed by atoms with Gasteiger partial charge in [-0.2, -0.15) is 0 Å². The Morgan fingerprint density at radius 3 is 1.86 bits per heavy atom. The molecule has 6 nitrogen and oxygen atoms in total. The molecule has 0 saturated heterocycles. The van der Waals surface area contributed by atoms with E-state index in [0.29, 0.717) is 30.3 Å². The molecule has 2 unspecified atom stereocenters. The zero-order valence-corrected chi connectivity index (χ0v) is 15.8.